The molecule has 0 amide bonds. The van der Waals surface area contributed by atoms with Gasteiger partial charge in [0.15, 0.2) is 0 Å². The monoisotopic (exact) mass is 284 g/mol. The molecule has 2 nitrogen and oxygen atoms in total. The van der Waals surface area contributed by atoms with Crippen LogP contribution in [0.25, 0.3) is 0 Å². The van der Waals surface area contributed by atoms with Crippen molar-refractivity contribution >= 4 is 28.6 Å². The minimum atomic E-state index is -0.254. The van der Waals surface area contributed by atoms with Crippen molar-refractivity contribution in [1.82, 2.24) is 4.98 Å². The molecule has 1 aromatic heterocycles. The highest BCUT2D eigenvalue weighted by molar-refractivity contribution is 7.09. The molecular formula is C13H14ClFN2S. The molecule has 1 aromatic carbocycles. The van der Waals surface area contributed by atoms with Crippen LogP contribution in [0.1, 0.15) is 16.1 Å². The molecule has 0 bridgehead atoms. The van der Waals surface area contributed by atoms with Crippen molar-refractivity contribution in [1.29, 1.82) is 0 Å². The fraction of sp³-hybridized carbons (Fsp3) is 0.308. The molecule has 0 aliphatic heterocycles. The van der Waals surface area contributed by atoms with E-state index in [0.717, 1.165) is 11.4 Å². The van der Waals surface area contributed by atoms with E-state index >= 15 is 0 Å². The number of hydrogen-bond acceptors (Lipinski definition) is 3. The summed E-state index contributed by atoms with van der Waals surface area (Å²) in [5.74, 6) is -0.0797. The Morgan fingerprint density at radius 1 is 1.44 bits per heavy atom. The first kappa shape index (κ1) is 13.3. The molecule has 0 saturated carbocycles. The predicted octanol–water partition coefficient (Wildman–Crippen LogP) is 3.97. The van der Waals surface area contributed by atoms with Gasteiger partial charge < -0.3 is 4.90 Å². The number of benzene rings is 1. The standard InChI is InChI=1S/C13H14ClFN2S/c1-9-13(18-8-16-9)7-17(2)12-5-3-4-11(15)10(12)6-14/h3-5,8H,6-7H2,1-2H3. The zero-order chi connectivity index (χ0) is 13.1. The summed E-state index contributed by atoms with van der Waals surface area (Å²) in [5, 5.41) is 0. The number of hydrogen-bond donors (Lipinski definition) is 0. The number of thiazole rings is 1. The van der Waals surface area contributed by atoms with Crippen molar-refractivity contribution in [2.75, 3.05) is 11.9 Å². The summed E-state index contributed by atoms with van der Waals surface area (Å²) in [5.41, 5.74) is 4.23. The van der Waals surface area contributed by atoms with Gasteiger partial charge >= 0.3 is 0 Å². The first-order valence-corrected chi connectivity index (χ1v) is 6.98. The summed E-state index contributed by atoms with van der Waals surface area (Å²) in [6.45, 7) is 2.69. The van der Waals surface area contributed by atoms with Gasteiger partial charge in [-0.1, -0.05) is 6.07 Å². The fourth-order valence-corrected chi connectivity index (χ4v) is 2.91. The second-order valence-electron chi connectivity index (χ2n) is 4.09. The summed E-state index contributed by atoms with van der Waals surface area (Å²) >= 11 is 7.43. The largest absolute Gasteiger partial charge is 0.369 e. The lowest BCUT2D eigenvalue weighted by molar-refractivity contribution is 0.616. The van der Waals surface area contributed by atoms with Gasteiger partial charge in [-0.3, -0.25) is 0 Å². The zero-order valence-corrected chi connectivity index (χ0v) is 11.9. The van der Waals surface area contributed by atoms with E-state index in [-0.39, 0.29) is 11.7 Å². The van der Waals surface area contributed by atoms with E-state index in [1.807, 2.05) is 30.4 Å². The molecule has 18 heavy (non-hydrogen) atoms. The molecule has 1 heterocycles. The maximum Gasteiger partial charge on any atom is 0.129 e. The SMILES string of the molecule is Cc1ncsc1CN(C)c1cccc(F)c1CCl. The van der Waals surface area contributed by atoms with Crippen LogP contribution in [0.5, 0.6) is 0 Å². The third-order valence-electron chi connectivity index (χ3n) is 2.86. The summed E-state index contributed by atoms with van der Waals surface area (Å²) in [4.78, 5) is 7.40. The molecule has 2 rings (SSSR count). The quantitative estimate of drug-likeness (QED) is 0.790. The molecule has 0 atom stereocenters. The molecule has 5 heteroatoms. The highest BCUT2D eigenvalue weighted by atomic mass is 35.5. The van der Waals surface area contributed by atoms with E-state index in [1.165, 1.54) is 10.9 Å². The van der Waals surface area contributed by atoms with E-state index in [1.54, 1.807) is 17.4 Å². The van der Waals surface area contributed by atoms with E-state index in [4.69, 9.17) is 11.6 Å². The van der Waals surface area contributed by atoms with Crippen LogP contribution in [0.2, 0.25) is 0 Å². The van der Waals surface area contributed by atoms with E-state index in [0.29, 0.717) is 12.1 Å². The Labute approximate surface area is 115 Å². The number of alkyl halides is 1. The first-order valence-electron chi connectivity index (χ1n) is 5.57. The van der Waals surface area contributed by atoms with Gasteiger partial charge in [-0.15, -0.1) is 22.9 Å². The number of aromatic nitrogens is 1. The van der Waals surface area contributed by atoms with Gasteiger partial charge in [-0.05, 0) is 19.1 Å². The first-order chi connectivity index (χ1) is 8.63. The molecule has 0 N–H and O–H groups in total. The van der Waals surface area contributed by atoms with Crippen LogP contribution in [-0.4, -0.2) is 12.0 Å². The maximum atomic E-state index is 13.6. The van der Waals surface area contributed by atoms with Gasteiger partial charge in [0, 0.05) is 23.2 Å². The molecule has 0 fully saturated rings. The molecule has 0 aliphatic carbocycles. The Balaban J connectivity index is 2.26. The van der Waals surface area contributed by atoms with E-state index < -0.39 is 0 Å². The number of nitrogens with zero attached hydrogens (tertiary/aromatic N) is 2. The maximum absolute atomic E-state index is 13.6. The third-order valence-corrected chi connectivity index (χ3v) is 4.05. The topological polar surface area (TPSA) is 16.1 Å². The lowest BCUT2D eigenvalue weighted by Gasteiger charge is -2.21. The second-order valence-corrected chi connectivity index (χ2v) is 5.29. The summed E-state index contributed by atoms with van der Waals surface area (Å²) < 4.78 is 13.6. The van der Waals surface area contributed by atoms with Crippen LogP contribution in [-0.2, 0) is 12.4 Å². The van der Waals surface area contributed by atoms with Crippen molar-refractivity contribution in [3.63, 3.8) is 0 Å². The van der Waals surface area contributed by atoms with Gasteiger partial charge in [0.1, 0.15) is 5.82 Å². The van der Waals surface area contributed by atoms with Crippen molar-refractivity contribution < 1.29 is 4.39 Å². The average molecular weight is 285 g/mol. The smallest absolute Gasteiger partial charge is 0.129 e. The van der Waals surface area contributed by atoms with Crippen molar-refractivity contribution in [2.24, 2.45) is 0 Å². The van der Waals surface area contributed by atoms with Crippen LogP contribution in [0.15, 0.2) is 23.7 Å². The van der Waals surface area contributed by atoms with Crippen LogP contribution in [0.4, 0.5) is 10.1 Å². The van der Waals surface area contributed by atoms with Crippen molar-refractivity contribution in [3.8, 4) is 0 Å². The molecular weight excluding hydrogens is 271 g/mol. The van der Waals surface area contributed by atoms with E-state index in [2.05, 4.69) is 4.98 Å². The van der Waals surface area contributed by atoms with Crippen molar-refractivity contribution in [3.05, 3.63) is 45.7 Å². The van der Waals surface area contributed by atoms with Crippen LogP contribution in [0.3, 0.4) is 0 Å². The molecule has 0 radical (unpaired) electrons. The molecule has 0 saturated heterocycles. The number of rotatable bonds is 4. The van der Waals surface area contributed by atoms with Crippen LogP contribution >= 0.6 is 22.9 Å². The Hall–Kier alpha value is -1.13. The van der Waals surface area contributed by atoms with Gasteiger partial charge in [-0.2, -0.15) is 0 Å². The fourth-order valence-electron chi connectivity index (χ4n) is 1.82. The second kappa shape index (κ2) is 5.67. The lowest BCUT2D eigenvalue weighted by atomic mass is 10.1. The minimum absolute atomic E-state index is 0.175. The average Bonchev–Trinajstić information content (AvgIpc) is 2.74. The Kier molecular flexibility index (Phi) is 4.19. The summed E-state index contributed by atoms with van der Waals surface area (Å²) in [6, 6.07) is 5.03. The Morgan fingerprint density at radius 3 is 2.83 bits per heavy atom. The Morgan fingerprint density at radius 2 is 2.22 bits per heavy atom. The van der Waals surface area contributed by atoms with Crippen LogP contribution < -0.4 is 4.90 Å². The van der Waals surface area contributed by atoms with Gasteiger partial charge in [0.2, 0.25) is 0 Å². The number of anilines is 1. The molecule has 96 valence electrons. The summed E-state index contributed by atoms with van der Waals surface area (Å²) in [7, 11) is 1.93. The van der Waals surface area contributed by atoms with Gasteiger partial charge in [0.25, 0.3) is 0 Å². The Bertz CT molecular complexity index is 542. The molecule has 0 spiro atoms. The zero-order valence-electron chi connectivity index (χ0n) is 10.3. The molecule has 2 aromatic rings. The lowest BCUT2D eigenvalue weighted by Crippen LogP contribution is -2.18. The van der Waals surface area contributed by atoms with Crippen molar-refractivity contribution in [2.45, 2.75) is 19.3 Å². The number of aryl methyl sites for hydroxylation is 1. The third kappa shape index (κ3) is 2.65. The van der Waals surface area contributed by atoms with Gasteiger partial charge in [-0.25, -0.2) is 9.37 Å². The highest BCUT2D eigenvalue weighted by Gasteiger charge is 2.13. The minimum Gasteiger partial charge on any atom is -0.369 e. The predicted molar refractivity (Wildman–Crippen MR) is 74.9 cm³/mol. The molecule has 0 unspecified atom stereocenters. The normalized spacial score (nSPS) is 10.7. The van der Waals surface area contributed by atoms with Crippen LogP contribution in [0, 0.1) is 12.7 Å². The molecule has 0 aliphatic rings. The van der Waals surface area contributed by atoms with Gasteiger partial charge in [0.05, 0.1) is 23.6 Å². The number of halogens is 2. The highest BCUT2D eigenvalue weighted by Crippen LogP contribution is 2.26. The van der Waals surface area contributed by atoms with E-state index in [9.17, 15) is 4.39 Å². The summed E-state index contributed by atoms with van der Waals surface area (Å²) in [6.07, 6.45) is 0.